The molecule has 1 aromatic carbocycles. The van der Waals surface area contributed by atoms with E-state index < -0.39 is 0 Å². The van der Waals surface area contributed by atoms with Crippen molar-refractivity contribution >= 4 is 17.3 Å². The molecule has 3 aromatic rings. The highest BCUT2D eigenvalue weighted by molar-refractivity contribution is 7.09. The van der Waals surface area contributed by atoms with E-state index in [1.165, 1.54) is 10.4 Å². The summed E-state index contributed by atoms with van der Waals surface area (Å²) < 4.78 is 1.99. The number of aryl methyl sites for hydroxylation is 1. The van der Waals surface area contributed by atoms with Crippen LogP contribution in [0.1, 0.15) is 22.1 Å². The maximum Gasteiger partial charge on any atom is 0.194 e. The maximum atomic E-state index is 4.82. The van der Waals surface area contributed by atoms with Gasteiger partial charge in [-0.15, -0.1) is 21.5 Å². The number of aliphatic imine (C=N–C) groups is 1. The number of rotatable bonds is 7. The van der Waals surface area contributed by atoms with E-state index in [1.54, 1.807) is 11.3 Å². The molecule has 0 radical (unpaired) electrons. The van der Waals surface area contributed by atoms with Gasteiger partial charge in [-0.05, 0) is 30.4 Å². The predicted molar refractivity (Wildman–Crippen MR) is 111 cm³/mol. The van der Waals surface area contributed by atoms with E-state index in [9.17, 15) is 0 Å². The lowest BCUT2D eigenvalue weighted by molar-refractivity contribution is 0.482. The van der Waals surface area contributed by atoms with Crippen molar-refractivity contribution in [3.05, 3.63) is 69.9 Å². The molecule has 0 aliphatic heterocycles. The molecule has 0 fully saturated rings. The molecule has 7 heteroatoms. The molecule has 0 saturated heterocycles. The highest BCUT2D eigenvalue weighted by Gasteiger charge is 2.10. The molecule has 2 aromatic heterocycles. The first-order chi connectivity index (χ1) is 13.1. The highest BCUT2D eigenvalue weighted by atomic mass is 32.1. The second-order valence-electron chi connectivity index (χ2n) is 6.45. The fourth-order valence-electron chi connectivity index (χ4n) is 2.66. The Morgan fingerprint density at radius 1 is 1.19 bits per heavy atom. The van der Waals surface area contributed by atoms with Crippen molar-refractivity contribution in [2.45, 2.75) is 26.4 Å². The lowest BCUT2D eigenvalue weighted by Gasteiger charge is -2.22. The van der Waals surface area contributed by atoms with Gasteiger partial charge in [0, 0.05) is 25.5 Å². The summed E-state index contributed by atoms with van der Waals surface area (Å²) >= 11 is 1.79. The average Bonchev–Trinajstić information content (AvgIpc) is 3.32. The van der Waals surface area contributed by atoms with Gasteiger partial charge in [-0.2, -0.15) is 0 Å². The fraction of sp³-hybridized carbons (Fsp3) is 0.350. The normalized spacial score (nSPS) is 11.6. The molecule has 0 unspecified atom stereocenters. The average molecular weight is 383 g/mol. The number of nitrogens with one attached hydrogen (secondary N) is 1. The van der Waals surface area contributed by atoms with E-state index in [2.05, 4.69) is 57.1 Å². The molecule has 0 aliphatic carbocycles. The lowest BCUT2D eigenvalue weighted by atomic mass is 10.2. The van der Waals surface area contributed by atoms with Crippen LogP contribution in [0.4, 0.5) is 0 Å². The highest BCUT2D eigenvalue weighted by Crippen LogP contribution is 2.10. The molecular formula is C20H26N6S. The van der Waals surface area contributed by atoms with Gasteiger partial charge in [-0.3, -0.25) is 0 Å². The monoisotopic (exact) mass is 382 g/mol. The van der Waals surface area contributed by atoms with E-state index in [1.807, 2.05) is 36.7 Å². The molecule has 0 bridgehead atoms. The Balaban J connectivity index is 1.67. The smallest absolute Gasteiger partial charge is 0.194 e. The first-order valence-electron chi connectivity index (χ1n) is 9.04. The van der Waals surface area contributed by atoms with Crippen LogP contribution in [0, 0.1) is 6.92 Å². The van der Waals surface area contributed by atoms with Crippen molar-refractivity contribution in [1.82, 2.24) is 25.0 Å². The summed E-state index contributed by atoms with van der Waals surface area (Å²) in [6, 6.07) is 14.6. The lowest BCUT2D eigenvalue weighted by Crippen LogP contribution is -2.40. The van der Waals surface area contributed by atoms with Gasteiger partial charge < -0.3 is 14.8 Å². The number of hydrogen-bond donors (Lipinski definition) is 1. The third-order valence-electron chi connectivity index (χ3n) is 4.48. The van der Waals surface area contributed by atoms with Crippen molar-refractivity contribution in [1.29, 1.82) is 0 Å². The fourth-order valence-corrected chi connectivity index (χ4v) is 3.36. The van der Waals surface area contributed by atoms with Gasteiger partial charge in [0.05, 0.1) is 13.1 Å². The molecule has 142 valence electrons. The van der Waals surface area contributed by atoms with Crippen molar-refractivity contribution in [3.8, 4) is 0 Å². The zero-order chi connectivity index (χ0) is 19.1. The van der Waals surface area contributed by atoms with Crippen molar-refractivity contribution < 1.29 is 0 Å². The minimum absolute atomic E-state index is 0.592. The summed E-state index contributed by atoms with van der Waals surface area (Å²) in [4.78, 5) is 8.38. The van der Waals surface area contributed by atoms with E-state index in [0.29, 0.717) is 13.1 Å². The van der Waals surface area contributed by atoms with Gasteiger partial charge in [0.25, 0.3) is 0 Å². The molecule has 0 saturated carbocycles. The Bertz CT molecular complexity index is 854. The van der Waals surface area contributed by atoms with Crippen LogP contribution in [-0.4, -0.2) is 39.2 Å². The molecule has 0 aliphatic rings. The zero-order valence-corrected chi connectivity index (χ0v) is 16.9. The van der Waals surface area contributed by atoms with Crippen LogP contribution in [-0.2, 0) is 26.6 Å². The van der Waals surface area contributed by atoms with Gasteiger partial charge >= 0.3 is 0 Å². The molecule has 1 N–H and O–H groups in total. The van der Waals surface area contributed by atoms with Gasteiger partial charge in [0.1, 0.15) is 5.82 Å². The van der Waals surface area contributed by atoms with Crippen LogP contribution >= 0.6 is 11.3 Å². The standard InChI is InChI=1S/C20H26N6S/c1-16-23-24-19(26(16)3)15-22-20(21-14-17-8-5-4-6-9-17)25(2)12-11-18-10-7-13-27-18/h4-10,13H,11-12,14-15H2,1-3H3,(H,21,22). The number of hydrogen-bond acceptors (Lipinski definition) is 4. The van der Waals surface area contributed by atoms with Gasteiger partial charge in [0.2, 0.25) is 0 Å². The Labute approximate surface area is 164 Å². The summed E-state index contributed by atoms with van der Waals surface area (Å²) in [6.07, 6.45) is 1.00. The topological polar surface area (TPSA) is 58.3 Å². The molecule has 0 atom stereocenters. The number of likely N-dealkylation sites (N-methyl/N-ethyl adjacent to an activating group) is 1. The van der Waals surface area contributed by atoms with Crippen molar-refractivity contribution in [3.63, 3.8) is 0 Å². The molecule has 0 spiro atoms. The van der Waals surface area contributed by atoms with Gasteiger partial charge in [-0.25, -0.2) is 4.99 Å². The molecule has 6 nitrogen and oxygen atoms in total. The zero-order valence-electron chi connectivity index (χ0n) is 16.1. The minimum Gasteiger partial charge on any atom is -0.349 e. The number of nitrogens with zero attached hydrogens (tertiary/aromatic N) is 5. The quantitative estimate of drug-likeness (QED) is 0.504. The van der Waals surface area contributed by atoms with Crippen molar-refractivity contribution in [2.24, 2.45) is 12.0 Å². The number of aromatic nitrogens is 3. The maximum absolute atomic E-state index is 4.82. The van der Waals surface area contributed by atoms with E-state index in [-0.39, 0.29) is 0 Å². The van der Waals surface area contributed by atoms with Gasteiger partial charge in [-0.1, -0.05) is 36.4 Å². The van der Waals surface area contributed by atoms with Crippen LogP contribution < -0.4 is 5.32 Å². The number of thiophene rings is 1. The third kappa shape index (κ3) is 5.40. The Morgan fingerprint density at radius 2 is 2.00 bits per heavy atom. The molecule has 0 amide bonds. The summed E-state index contributed by atoms with van der Waals surface area (Å²) in [7, 11) is 4.06. The Hall–Kier alpha value is -2.67. The molecule has 2 heterocycles. The van der Waals surface area contributed by atoms with Gasteiger partial charge in [0.15, 0.2) is 11.8 Å². The number of benzene rings is 1. The summed E-state index contributed by atoms with van der Waals surface area (Å²) in [5.74, 6) is 2.67. The van der Waals surface area contributed by atoms with E-state index in [4.69, 9.17) is 4.99 Å². The summed E-state index contributed by atoms with van der Waals surface area (Å²) in [6.45, 7) is 4.09. The summed E-state index contributed by atoms with van der Waals surface area (Å²) in [5.41, 5.74) is 1.19. The second-order valence-corrected chi connectivity index (χ2v) is 7.48. The second kappa shape index (κ2) is 9.32. The molecular weight excluding hydrogens is 356 g/mol. The molecule has 3 rings (SSSR count). The third-order valence-corrected chi connectivity index (χ3v) is 5.41. The van der Waals surface area contributed by atoms with Crippen LogP contribution in [0.2, 0.25) is 0 Å². The van der Waals surface area contributed by atoms with Crippen LogP contribution in [0.25, 0.3) is 0 Å². The predicted octanol–water partition coefficient (Wildman–Crippen LogP) is 3.01. The molecule has 27 heavy (non-hydrogen) atoms. The first-order valence-corrected chi connectivity index (χ1v) is 9.92. The number of guanidine groups is 1. The van der Waals surface area contributed by atoms with Crippen LogP contribution in [0.5, 0.6) is 0 Å². The minimum atomic E-state index is 0.592. The largest absolute Gasteiger partial charge is 0.349 e. The van der Waals surface area contributed by atoms with Crippen LogP contribution in [0.3, 0.4) is 0 Å². The Morgan fingerprint density at radius 3 is 2.67 bits per heavy atom. The summed E-state index contributed by atoms with van der Waals surface area (Å²) in [5, 5.41) is 13.9. The SMILES string of the molecule is Cc1nnc(CNC(=NCc2ccccc2)N(C)CCc2cccs2)n1C. The van der Waals surface area contributed by atoms with E-state index >= 15 is 0 Å². The van der Waals surface area contributed by atoms with Crippen molar-refractivity contribution in [2.75, 3.05) is 13.6 Å². The van der Waals surface area contributed by atoms with E-state index in [0.717, 1.165) is 30.6 Å². The van der Waals surface area contributed by atoms with Crippen LogP contribution in [0.15, 0.2) is 52.8 Å². The Kier molecular flexibility index (Phi) is 6.59. The first kappa shape index (κ1) is 19.1.